The molecule has 6 aliphatic rings. The Morgan fingerprint density at radius 3 is 2.23 bits per heavy atom. The van der Waals surface area contributed by atoms with Gasteiger partial charge in [-0.05, 0) is 98.3 Å². The van der Waals surface area contributed by atoms with Crippen molar-refractivity contribution in [1.82, 2.24) is 0 Å². The van der Waals surface area contributed by atoms with Gasteiger partial charge in [0.25, 0.3) is 0 Å². The average Bonchev–Trinajstić information content (AvgIpc) is 3.48. The van der Waals surface area contributed by atoms with Crippen molar-refractivity contribution >= 4 is 17.7 Å². The Kier molecular flexibility index (Phi) is 13.5. The van der Waals surface area contributed by atoms with Gasteiger partial charge in [0.15, 0.2) is 24.8 Å². The van der Waals surface area contributed by atoms with E-state index < -0.39 is 85.4 Å². The third-order valence-corrected chi connectivity index (χ3v) is 15.2. The molecule has 1 aromatic rings. The topological polar surface area (TPSA) is 217 Å². The van der Waals surface area contributed by atoms with E-state index in [1.807, 2.05) is 13.8 Å². The van der Waals surface area contributed by atoms with E-state index in [9.17, 15) is 39.9 Å². The van der Waals surface area contributed by atoms with Gasteiger partial charge in [-0.15, -0.1) is 0 Å². The molecule has 2 aliphatic heterocycles. The van der Waals surface area contributed by atoms with Gasteiger partial charge in [-0.1, -0.05) is 39.3 Å². The Morgan fingerprint density at radius 1 is 0.883 bits per heavy atom. The van der Waals surface area contributed by atoms with Crippen LogP contribution in [0.1, 0.15) is 96.3 Å². The molecule has 18 atom stereocenters. The largest absolute Gasteiger partial charge is 0.497 e. The molecule has 0 radical (unpaired) electrons. The van der Waals surface area contributed by atoms with Gasteiger partial charge in [0.1, 0.15) is 35.9 Å². The van der Waals surface area contributed by atoms with Crippen LogP contribution in [0.15, 0.2) is 35.9 Å². The minimum absolute atomic E-state index is 0.0438. The molecular formula is C45H64O15. The van der Waals surface area contributed by atoms with Crippen molar-refractivity contribution in [2.45, 2.75) is 154 Å². The van der Waals surface area contributed by atoms with Crippen molar-refractivity contribution in [2.75, 3.05) is 20.3 Å². The molecular weight excluding hydrogens is 780 g/mol. The monoisotopic (exact) mass is 844 g/mol. The molecule has 1 aromatic carbocycles. The van der Waals surface area contributed by atoms with Crippen molar-refractivity contribution in [1.29, 1.82) is 0 Å². The van der Waals surface area contributed by atoms with Crippen LogP contribution < -0.4 is 4.74 Å². The molecule has 15 nitrogen and oxygen atoms in total. The van der Waals surface area contributed by atoms with E-state index in [4.69, 9.17) is 33.2 Å². The van der Waals surface area contributed by atoms with Crippen LogP contribution in [0.25, 0.3) is 0 Å². The normalized spacial score (nSPS) is 43.0. The second kappa shape index (κ2) is 18.0. The first-order valence-corrected chi connectivity index (χ1v) is 21.7. The first-order chi connectivity index (χ1) is 28.5. The van der Waals surface area contributed by atoms with E-state index in [0.29, 0.717) is 31.4 Å². The lowest BCUT2D eigenvalue weighted by Crippen LogP contribution is -2.62. The van der Waals surface area contributed by atoms with E-state index >= 15 is 0 Å². The van der Waals surface area contributed by atoms with Crippen LogP contribution in [0.4, 0.5) is 0 Å². The summed E-state index contributed by atoms with van der Waals surface area (Å²) in [4.78, 5) is 39.6. The minimum atomic E-state index is -1.64. The molecule has 7 rings (SSSR count). The number of fused-ring (bicyclic) bond motifs is 5. The maximum atomic E-state index is 13.7. The second-order valence-electron chi connectivity index (χ2n) is 18.5. The number of carbonyl (C=O) groups is 3. The van der Waals surface area contributed by atoms with E-state index in [0.717, 1.165) is 25.7 Å². The molecule has 4 aliphatic carbocycles. The smallest absolute Gasteiger partial charge is 0.338 e. The highest BCUT2D eigenvalue weighted by Gasteiger charge is 2.66. The number of hydrogen-bond donors (Lipinski definition) is 5. The molecule has 2 saturated heterocycles. The highest BCUT2D eigenvalue weighted by molar-refractivity contribution is 5.89. The number of ketones is 1. The molecule has 60 heavy (non-hydrogen) atoms. The first kappa shape index (κ1) is 45.0. The maximum Gasteiger partial charge on any atom is 0.338 e. The van der Waals surface area contributed by atoms with Gasteiger partial charge in [-0.25, -0.2) is 4.79 Å². The van der Waals surface area contributed by atoms with Gasteiger partial charge >= 0.3 is 11.9 Å². The second-order valence-corrected chi connectivity index (χ2v) is 18.5. The fourth-order valence-corrected chi connectivity index (χ4v) is 11.8. The third kappa shape index (κ3) is 8.30. The minimum Gasteiger partial charge on any atom is -0.497 e. The van der Waals surface area contributed by atoms with Crippen LogP contribution >= 0.6 is 0 Å². The van der Waals surface area contributed by atoms with Crippen molar-refractivity contribution < 1.29 is 73.1 Å². The third-order valence-electron chi connectivity index (χ3n) is 15.2. The summed E-state index contributed by atoms with van der Waals surface area (Å²) in [7, 11) is 1.48. The predicted molar refractivity (Wildman–Crippen MR) is 212 cm³/mol. The molecule has 5 fully saturated rings. The number of ether oxygens (including phenoxy) is 7. The zero-order chi connectivity index (χ0) is 43.3. The predicted octanol–water partition coefficient (Wildman–Crippen LogP) is 3.24. The molecule has 0 amide bonds. The van der Waals surface area contributed by atoms with Crippen molar-refractivity contribution in [3.05, 3.63) is 41.5 Å². The summed E-state index contributed by atoms with van der Waals surface area (Å²) in [6, 6.07) is 6.05. The van der Waals surface area contributed by atoms with Gasteiger partial charge in [-0.2, -0.15) is 0 Å². The number of carbonyl (C=O) groups excluding carboxylic acids is 3. The number of esters is 2. The number of aliphatic hydroxyl groups is 5. The number of benzene rings is 1. The van der Waals surface area contributed by atoms with Gasteiger partial charge in [0, 0.05) is 24.7 Å². The molecule has 2 heterocycles. The Labute approximate surface area is 351 Å². The first-order valence-electron chi connectivity index (χ1n) is 21.7. The number of aliphatic hydroxyl groups excluding tert-OH is 5. The van der Waals surface area contributed by atoms with E-state index in [2.05, 4.69) is 19.9 Å². The molecule has 3 saturated carbocycles. The van der Waals surface area contributed by atoms with E-state index in [-0.39, 0.29) is 59.1 Å². The zero-order valence-corrected chi connectivity index (χ0v) is 35.5. The zero-order valence-electron chi connectivity index (χ0n) is 35.5. The van der Waals surface area contributed by atoms with Gasteiger partial charge in [0.05, 0.1) is 44.2 Å². The summed E-state index contributed by atoms with van der Waals surface area (Å²) >= 11 is 0. The van der Waals surface area contributed by atoms with Crippen molar-refractivity contribution in [2.24, 2.45) is 40.4 Å². The summed E-state index contributed by atoms with van der Waals surface area (Å²) in [5, 5.41) is 56.0. The van der Waals surface area contributed by atoms with Crippen LogP contribution in [-0.4, -0.2) is 131 Å². The summed E-state index contributed by atoms with van der Waals surface area (Å²) in [6.45, 7) is 8.83. The van der Waals surface area contributed by atoms with Gasteiger partial charge in [0.2, 0.25) is 0 Å². The van der Waals surface area contributed by atoms with E-state index in [1.165, 1.54) is 31.7 Å². The summed E-state index contributed by atoms with van der Waals surface area (Å²) in [6.07, 6.45) is -6.32. The lowest BCUT2D eigenvalue weighted by Gasteiger charge is -2.61. The lowest BCUT2D eigenvalue weighted by atomic mass is 9.44. The van der Waals surface area contributed by atoms with Crippen molar-refractivity contribution in [3.63, 3.8) is 0 Å². The average molecular weight is 845 g/mol. The van der Waals surface area contributed by atoms with Crippen LogP contribution in [-0.2, 0) is 38.0 Å². The molecule has 5 N–H and O–H groups in total. The fraction of sp³-hybridized carbons (Fsp3) is 0.756. The maximum absolute atomic E-state index is 13.7. The quantitative estimate of drug-likeness (QED) is 0.151. The Balaban J connectivity index is 1.15. The molecule has 12 unspecified atom stereocenters. The van der Waals surface area contributed by atoms with Crippen LogP contribution in [0.2, 0.25) is 0 Å². The number of rotatable bonds is 12. The number of hydrogen-bond acceptors (Lipinski definition) is 15. The van der Waals surface area contributed by atoms with Crippen LogP contribution in [0, 0.1) is 40.4 Å². The van der Waals surface area contributed by atoms with E-state index in [1.54, 1.807) is 12.1 Å². The number of methoxy groups -OCH3 is 1. The molecule has 334 valence electrons. The van der Waals surface area contributed by atoms with Crippen molar-refractivity contribution in [3.8, 4) is 5.75 Å². The highest BCUT2D eigenvalue weighted by atomic mass is 16.7. The Bertz CT molecular complexity index is 1730. The number of allylic oxidation sites excluding steroid dienone is 1. The standard InChI is InChI=1S/C45H64O15/c1-7-8-32(48)22(2)29-18-30-28(14-11-25-17-26(47)15-16-44(25,30)4)31-19-35(40(52)45(29,31)5)58-43-39(57-23(3)46)37(34(50)21-56-43)60-42-38(36(51)33(49)20-55-42)59-41(53)24-9-12-27(54-6)13-10-24/h9-13,22,26,28-31,33-40,42-43,47,49-52H,7-8,14-21H2,1-6H3/t22-,26-,28?,29?,30?,31?,33?,34?,35-,36?,37?,38?,39?,40+,42?,43?,44-,45-/m0/s1. The molecule has 0 bridgehead atoms. The lowest BCUT2D eigenvalue weighted by molar-refractivity contribution is -0.341. The molecule has 0 aromatic heterocycles. The van der Waals surface area contributed by atoms with Gasteiger partial charge < -0.3 is 58.7 Å². The summed E-state index contributed by atoms with van der Waals surface area (Å²) < 4.78 is 41.2. The van der Waals surface area contributed by atoms with Gasteiger partial charge in [-0.3, -0.25) is 9.59 Å². The van der Waals surface area contributed by atoms with Crippen LogP contribution in [0.5, 0.6) is 5.75 Å². The Hall–Kier alpha value is -2.99. The Morgan fingerprint density at radius 2 is 1.57 bits per heavy atom. The number of Topliss-reactive ketones (excluding diaryl/α,β-unsaturated/α-hetero) is 1. The summed E-state index contributed by atoms with van der Waals surface area (Å²) in [5.41, 5.74) is 0.546. The van der Waals surface area contributed by atoms with Crippen LogP contribution in [0.3, 0.4) is 0 Å². The molecule has 15 heteroatoms. The SMILES string of the molecule is CCCC(=O)[C@@H](C)C1CC2C(CC=C3C[C@@H](O)CC[C@@]32C)C2C[C@H](OC3OCC(O)C(OC4OCC(O)C(O)C4OC(=O)c4ccc(OC)cc4)C3OC(C)=O)[C@@H](O)[C@]21C. The fourth-order valence-electron chi connectivity index (χ4n) is 11.8. The summed E-state index contributed by atoms with van der Waals surface area (Å²) in [5.74, 6) is -1.02. The molecule has 0 spiro atoms. The highest BCUT2D eigenvalue weighted by Crippen LogP contribution is 2.68.